The van der Waals surface area contributed by atoms with Crippen molar-refractivity contribution >= 4 is 23.5 Å². The van der Waals surface area contributed by atoms with Crippen LogP contribution in [0.15, 0.2) is 84.9 Å². The highest BCUT2D eigenvalue weighted by atomic mass is 16.5. The maximum atomic E-state index is 13.9. The summed E-state index contributed by atoms with van der Waals surface area (Å²) in [5, 5.41) is 13.1. The molecule has 172 valence electrons. The molecule has 0 unspecified atom stereocenters. The van der Waals surface area contributed by atoms with Crippen molar-refractivity contribution in [2.24, 2.45) is 11.8 Å². The molecule has 0 bridgehead atoms. The third-order valence-electron chi connectivity index (χ3n) is 6.65. The number of phenolic OH excluding ortho intramolecular Hbond substituents is 1. The first-order valence-corrected chi connectivity index (χ1v) is 11.2. The fourth-order valence-electron chi connectivity index (χ4n) is 5.22. The van der Waals surface area contributed by atoms with Crippen molar-refractivity contribution in [3.8, 4) is 5.75 Å². The molecule has 2 N–H and O–H groups in total. The summed E-state index contributed by atoms with van der Waals surface area (Å²) in [7, 11) is 0. The number of anilines is 1. The van der Waals surface area contributed by atoms with Gasteiger partial charge < -0.3 is 9.84 Å². The summed E-state index contributed by atoms with van der Waals surface area (Å²) in [6, 6.07) is 23.4. The Morgan fingerprint density at radius 2 is 1.56 bits per heavy atom. The van der Waals surface area contributed by atoms with Crippen LogP contribution >= 0.6 is 0 Å². The molecule has 0 spiro atoms. The average molecular weight is 456 g/mol. The van der Waals surface area contributed by atoms with Crippen LogP contribution in [0.5, 0.6) is 5.75 Å². The monoisotopic (exact) mass is 456 g/mol. The predicted octanol–water partition coefficient (Wildman–Crippen LogP) is 3.30. The van der Waals surface area contributed by atoms with Crippen LogP contribution in [0, 0.1) is 11.8 Å². The fourth-order valence-corrected chi connectivity index (χ4v) is 5.22. The number of para-hydroxylation sites is 1. The molecule has 2 amide bonds. The van der Waals surface area contributed by atoms with Crippen LogP contribution in [0.2, 0.25) is 0 Å². The standard InChI is InChI=1S/C27H24N2O5/c1-2-34-26(33)27(18-9-5-3-6-10-18)22-21(23(28-27)17-13-15-20(30)16-14-17)24(31)29(25(22)32)19-11-7-4-8-12-19/h3-16,21-23,28,30H,2H2,1H3/t21-,22+,23-,27-/m1/s1. The molecule has 7 nitrogen and oxygen atoms in total. The molecule has 7 heteroatoms. The Kier molecular flexibility index (Phi) is 5.42. The van der Waals surface area contributed by atoms with Crippen LogP contribution in [0.25, 0.3) is 0 Å². The Morgan fingerprint density at radius 1 is 0.941 bits per heavy atom. The van der Waals surface area contributed by atoms with Crippen LogP contribution in [-0.2, 0) is 24.7 Å². The van der Waals surface area contributed by atoms with E-state index in [1.54, 1.807) is 67.6 Å². The number of hydrogen-bond acceptors (Lipinski definition) is 6. The number of imide groups is 1. The molecule has 2 saturated heterocycles. The third kappa shape index (κ3) is 3.20. The lowest BCUT2D eigenvalue weighted by Gasteiger charge is -2.33. The number of aromatic hydroxyl groups is 1. The van der Waals surface area contributed by atoms with E-state index < -0.39 is 35.3 Å². The minimum Gasteiger partial charge on any atom is -0.508 e. The zero-order chi connectivity index (χ0) is 23.9. The Hall–Kier alpha value is -3.97. The quantitative estimate of drug-likeness (QED) is 0.452. The summed E-state index contributed by atoms with van der Waals surface area (Å²) < 4.78 is 5.50. The number of rotatable bonds is 5. The second-order valence-corrected chi connectivity index (χ2v) is 8.46. The highest BCUT2D eigenvalue weighted by molar-refractivity contribution is 6.24. The van der Waals surface area contributed by atoms with Gasteiger partial charge in [0.05, 0.1) is 24.1 Å². The zero-order valence-corrected chi connectivity index (χ0v) is 18.5. The van der Waals surface area contributed by atoms with Crippen molar-refractivity contribution < 1.29 is 24.2 Å². The van der Waals surface area contributed by atoms with Crippen LogP contribution in [-0.4, -0.2) is 29.5 Å². The minimum atomic E-state index is -1.55. The first kappa shape index (κ1) is 21.9. The number of fused-ring (bicyclic) bond motifs is 1. The third-order valence-corrected chi connectivity index (χ3v) is 6.65. The van der Waals surface area contributed by atoms with Crippen molar-refractivity contribution in [1.29, 1.82) is 0 Å². The van der Waals surface area contributed by atoms with Crippen LogP contribution < -0.4 is 10.2 Å². The van der Waals surface area contributed by atoms with Gasteiger partial charge in [0.1, 0.15) is 5.75 Å². The number of carbonyl (C=O) groups excluding carboxylic acids is 3. The van der Waals surface area contributed by atoms with Crippen molar-refractivity contribution in [3.63, 3.8) is 0 Å². The molecule has 4 atom stereocenters. The summed E-state index contributed by atoms with van der Waals surface area (Å²) in [5.41, 5.74) is 0.148. The van der Waals surface area contributed by atoms with E-state index >= 15 is 0 Å². The van der Waals surface area contributed by atoms with E-state index in [2.05, 4.69) is 5.32 Å². The van der Waals surface area contributed by atoms with Crippen LogP contribution in [0.3, 0.4) is 0 Å². The summed E-state index contributed by atoms with van der Waals surface area (Å²) >= 11 is 0. The second-order valence-electron chi connectivity index (χ2n) is 8.46. The number of nitrogens with zero attached hydrogens (tertiary/aromatic N) is 1. The van der Waals surface area contributed by atoms with E-state index in [0.29, 0.717) is 16.8 Å². The van der Waals surface area contributed by atoms with Gasteiger partial charge in [0.15, 0.2) is 5.54 Å². The Labute approximate surface area is 197 Å². The van der Waals surface area contributed by atoms with Crippen molar-refractivity contribution in [2.45, 2.75) is 18.5 Å². The van der Waals surface area contributed by atoms with E-state index in [1.165, 1.54) is 17.0 Å². The molecule has 0 aromatic heterocycles. The highest BCUT2D eigenvalue weighted by Gasteiger charge is 2.69. The van der Waals surface area contributed by atoms with E-state index in [9.17, 15) is 19.5 Å². The van der Waals surface area contributed by atoms with Crippen LogP contribution in [0.4, 0.5) is 5.69 Å². The van der Waals surface area contributed by atoms with Crippen molar-refractivity contribution in [3.05, 3.63) is 96.1 Å². The molecule has 0 saturated carbocycles. The molecule has 3 aromatic rings. The van der Waals surface area contributed by atoms with Gasteiger partial charge in [-0.05, 0) is 42.3 Å². The molecule has 2 aliphatic rings. The summed E-state index contributed by atoms with van der Waals surface area (Å²) in [5.74, 6) is -3.21. The summed E-state index contributed by atoms with van der Waals surface area (Å²) in [6.45, 7) is 1.83. The largest absolute Gasteiger partial charge is 0.508 e. The van der Waals surface area contributed by atoms with Crippen LogP contribution in [0.1, 0.15) is 24.1 Å². The van der Waals surface area contributed by atoms with Gasteiger partial charge in [0.25, 0.3) is 0 Å². The Bertz CT molecular complexity index is 1230. The average Bonchev–Trinajstić information content (AvgIpc) is 3.35. The van der Waals surface area contributed by atoms with Gasteiger partial charge in [-0.3, -0.25) is 14.9 Å². The number of hydrogen-bond donors (Lipinski definition) is 2. The maximum Gasteiger partial charge on any atom is 0.331 e. The Balaban J connectivity index is 1.72. The molecule has 0 aliphatic carbocycles. The molecule has 34 heavy (non-hydrogen) atoms. The van der Waals surface area contributed by atoms with Gasteiger partial charge in [0, 0.05) is 6.04 Å². The molecule has 5 rings (SSSR count). The second kappa shape index (κ2) is 8.43. The van der Waals surface area contributed by atoms with E-state index in [4.69, 9.17) is 4.74 Å². The van der Waals surface area contributed by atoms with Gasteiger partial charge >= 0.3 is 5.97 Å². The van der Waals surface area contributed by atoms with Gasteiger partial charge in [-0.15, -0.1) is 0 Å². The normalized spacial score (nSPS) is 25.9. The molecular formula is C27H24N2O5. The molecule has 2 heterocycles. The molecule has 0 radical (unpaired) electrons. The topological polar surface area (TPSA) is 95.9 Å². The van der Waals surface area contributed by atoms with E-state index in [1.807, 2.05) is 12.1 Å². The predicted molar refractivity (Wildman–Crippen MR) is 125 cm³/mol. The smallest absolute Gasteiger partial charge is 0.331 e. The lowest BCUT2D eigenvalue weighted by Crippen LogP contribution is -2.54. The first-order valence-electron chi connectivity index (χ1n) is 11.2. The minimum absolute atomic E-state index is 0.0812. The summed E-state index contributed by atoms with van der Waals surface area (Å²) in [6.07, 6.45) is 0. The van der Waals surface area contributed by atoms with Gasteiger partial charge in [-0.1, -0.05) is 60.7 Å². The number of nitrogens with one attached hydrogen (secondary N) is 1. The Morgan fingerprint density at radius 3 is 2.18 bits per heavy atom. The number of carbonyl (C=O) groups is 3. The lowest BCUT2D eigenvalue weighted by molar-refractivity contribution is -0.155. The molecule has 2 aliphatic heterocycles. The maximum absolute atomic E-state index is 13.9. The molecular weight excluding hydrogens is 432 g/mol. The van der Waals surface area contributed by atoms with Gasteiger partial charge in [-0.25, -0.2) is 9.69 Å². The number of esters is 1. The number of benzene rings is 3. The fraction of sp³-hybridized carbons (Fsp3) is 0.222. The van der Waals surface area contributed by atoms with Gasteiger partial charge in [-0.2, -0.15) is 0 Å². The highest BCUT2D eigenvalue weighted by Crippen LogP contribution is 2.54. The SMILES string of the molecule is CCOC(=O)[C@]1(c2ccccc2)N[C@H](c2ccc(O)cc2)[C@@H]2C(=O)N(c3ccccc3)C(=O)[C@H]21. The first-order chi connectivity index (χ1) is 16.5. The van der Waals surface area contributed by atoms with E-state index in [0.717, 1.165) is 0 Å². The molecule has 2 fully saturated rings. The van der Waals surface area contributed by atoms with Crippen molar-refractivity contribution in [2.75, 3.05) is 11.5 Å². The van der Waals surface area contributed by atoms with Crippen molar-refractivity contribution in [1.82, 2.24) is 5.32 Å². The zero-order valence-electron chi connectivity index (χ0n) is 18.5. The lowest BCUT2D eigenvalue weighted by atomic mass is 9.75. The molecule has 3 aromatic carbocycles. The van der Waals surface area contributed by atoms with E-state index in [-0.39, 0.29) is 18.3 Å². The summed E-state index contributed by atoms with van der Waals surface area (Å²) in [4.78, 5) is 42.6. The number of amides is 2. The van der Waals surface area contributed by atoms with Gasteiger partial charge in [0.2, 0.25) is 11.8 Å². The number of ether oxygens (including phenoxy) is 1. The number of phenols is 1.